The van der Waals surface area contributed by atoms with Crippen LogP contribution < -0.4 is 18.9 Å². The van der Waals surface area contributed by atoms with Gasteiger partial charge in [-0.1, -0.05) is 29.8 Å². The van der Waals surface area contributed by atoms with E-state index in [1.165, 1.54) is 45.4 Å². The van der Waals surface area contributed by atoms with Crippen LogP contribution in [0.4, 0.5) is 4.39 Å². The van der Waals surface area contributed by atoms with Crippen molar-refractivity contribution >= 4 is 39.5 Å². The fourth-order valence-electron chi connectivity index (χ4n) is 3.73. The minimum absolute atomic E-state index is 0.105. The van der Waals surface area contributed by atoms with Crippen molar-refractivity contribution < 1.29 is 32.7 Å². The van der Waals surface area contributed by atoms with E-state index in [2.05, 4.69) is 0 Å². The van der Waals surface area contributed by atoms with Gasteiger partial charge < -0.3 is 23.5 Å². The summed E-state index contributed by atoms with van der Waals surface area (Å²) in [4.78, 5) is 12.7. The summed E-state index contributed by atoms with van der Waals surface area (Å²) in [5.74, 6) is -0.342. The molecule has 0 aromatic heterocycles. The van der Waals surface area contributed by atoms with Crippen molar-refractivity contribution in [3.05, 3.63) is 83.1 Å². The highest BCUT2D eigenvalue weighted by molar-refractivity contribution is 7.91. The highest BCUT2D eigenvalue weighted by Gasteiger charge is 2.30. The molecule has 4 aromatic carbocycles. The third-order valence-corrected chi connectivity index (χ3v) is 6.99. The predicted molar refractivity (Wildman–Crippen MR) is 135 cm³/mol. The van der Waals surface area contributed by atoms with Crippen LogP contribution in [0.1, 0.15) is 12.5 Å². The summed E-state index contributed by atoms with van der Waals surface area (Å²) in [6.07, 6.45) is 0. The van der Waals surface area contributed by atoms with Crippen molar-refractivity contribution in [3.8, 4) is 23.0 Å². The van der Waals surface area contributed by atoms with Gasteiger partial charge in [0.25, 0.3) is 0 Å². The van der Waals surface area contributed by atoms with Crippen LogP contribution in [-0.4, -0.2) is 24.7 Å². The smallest absolute Gasteiger partial charge is 0.308 e. The molecule has 0 aliphatic rings. The Balaban J connectivity index is 1.97. The highest BCUT2D eigenvalue weighted by Crippen LogP contribution is 2.53. The van der Waals surface area contributed by atoms with Crippen LogP contribution in [0.2, 0.25) is 5.02 Å². The van der Waals surface area contributed by atoms with Crippen LogP contribution in [0.3, 0.4) is 0 Å². The van der Waals surface area contributed by atoms with Gasteiger partial charge in [0.2, 0.25) is 11.5 Å². The number of methoxy groups -OCH3 is 2. The molecule has 4 aromatic rings. The Labute approximate surface area is 215 Å². The molecule has 0 N–H and O–H groups in total. The fraction of sp³-hybridized carbons (Fsp3) is 0.148. The van der Waals surface area contributed by atoms with E-state index in [9.17, 15) is 13.7 Å². The average Bonchev–Trinajstić information content (AvgIpc) is 2.88. The zero-order valence-corrected chi connectivity index (χ0v) is 21.2. The first-order valence-electron chi connectivity index (χ1n) is 10.8. The van der Waals surface area contributed by atoms with Crippen LogP contribution in [0.15, 0.2) is 76.5 Å². The lowest BCUT2D eigenvalue weighted by atomic mass is 10.1. The van der Waals surface area contributed by atoms with Gasteiger partial charge in [-0.15, -0.1) is 0 Å². The Hall–Kier alpha value is -3.46. The first-order valence-corrected chi connectivity index (χ1v) is 12.3. The van der Waals surface area contributed by atoms with Gasteiger partial charge in [0.1, 0.15) is 12.4 Å². The molecule has 0 aliphatic carbocycles. The fourth-order valence-corrected chi connectivity index (χ4v) is 5.08. The van der Waals surface area contributed by atoms with E-state index in [0.29, 0.717) is 25.6 Å². The molecule has 0 heterocycles. The minimum atomic E-state index is -1.73. The second kappa shape index (κ2) is 11.1. The number of ether oxygens (including phenoxy) is 4. The van der Waals surface area contributed by atoms with E-state index in [0.717, 1.165) is 5.56 Å². The third kappa shape index (κ3) is 5.21. The Bertz CT molecular complexity index is 1390. The molecule has 0 saturated heterocycles. The molecule has 1 atom stereocenters. The molecule has 0 radical (unpaired) electrons. The maximum atomic E-state index is 13.7. The summed E-state index contributed by atoms with van der Waals surface area (Å²) in [5.41, 5.74) is 0.828. The molecule has 6 nitrogen and oxygen atoms in total. The number of esters is 1. The van der Waals surface area contributed by atoms with Crippen LogP contribution in [0.5, 0.6) is 23.0 Å². The first-order chi connectivity index (χ1) is 17.3. The lowest BCUT2D eigenvalue weighted by molar-refractivity contribution is -0.131. The van der Waals surface area contributed by atoms with Gasteiger partial charge in [0.05, 0.1) is 19.6 Å². The van der Waals surface area contributed by atoms with Gasteiger partial charge in [-0.3, -0.25) is 4.79 Å². The van der Waals surface area contributed by atoms with E-state index in [1.807, 2.05) is 12.1 Å². The normalized spacial score (nSPS) is 11.7. The zero-order valence-electron chi connectivity index (χ0n) is 19.7. The summed E-state index contributed by atoms with van der Waals surface area (Å²) < 4.78 is 50.1. The molecule has 0 saturated carbocycles. The second-order valence-corrected chi connectivity index (χ2v) is 9.52. The summed E-state index contributed by atoms with van der Waals surface area (Å²) >= 11 is 4.27. The monoisotopic (exact) mass is 528 g/mol. The summed E-state index contributed by atoms with van der Waals surface area (Å²) in [5, 5.41) is 1.43. The molecule has 0 amide bonds. The SMILES string of the molecule is COc1c(OC)c(OCc2ccc(Cl)cc2)c2c([S+]([O-])c3ccc(F)cc3)cccc2c1OC(C)=O. The molecule has 0 fully saturated rings. The van der Waals surface area contributed by atoms with Gasteiger partial charge in [-0.25, -0.2) is 4.39 Å². The van der Waals surface area contributed by atoms with E-state index in [1.54, 1.807) is 30.3 Å². The standard InChI is InChI=1S/C27H22ClFO6S/c1-16(30)35-24-21-5-4-6-22(36(31)20-13-11-19(29)12-14-20)23(21)25(27(33-3)26(24)32-2)34-15-17-7-9-18(28)10-8-17/h4-14H,15H2,1-3H3. The van der Waals surface area contributed by atoms with Gasteiger partial charge in [0.15, 0.2) is 21.3 Å². The largest absolute Gasteiger partial charge is 0.606 e. The highest BCUT2D eigenvalue weighted by atomic mass is 35.5. The quantitative estimate of drug-likeness (QED) is 0.151. The van der Waals surface area contributed by atoms with Crippen LogP contribution in [0, 0.1) is 5.82 Å². The van der Waals surface area contributed by atoms with Gasteiger partial charge in [-0.05, 0) is 54.1 Å². The lowest BCUT2D eigenvalue weighted by Gasteiger charge is -2.21. The maximum absolute atomic E-state index is 13.7. The van der Waals surface area contributed by atoms with Crippen LogP contribution in [0.25, 0.3) is 10.8 Å². The van der Waals surface area contributed by atoms with Crippen molar-refractivity contribution in [3.63, 3.8) is 0 Å². The van der Waals surface area contributed by atoms with Gasteiger partial charge in [0, 0.05) is 28.5 Å². The number of halogens is 2. The number of carbonyl (C=O) groups is 1. The summed E-state index contributed by atoms with van der Waals surface area (Å²) in [6.45, 7) is 1.40. The van der Waals surface area contributed by atoms with Gasteiger partial charge >= 0.3 is 5.97 Å². The minimum Gasteiger partial charge on any atom is -0.606 e. The molecule has 0 spiro atoms. The average molecular weight is 529 g/mol. The Morgan fingerprint density at radius 1 is 0.917 bits per heavy atom. The molecule has 4 rings (SSSR count). The van der Waals surface area contributed by atoms with Crippen molar-refractivity contribution in [2.45, 2.75) is 23.3 Å². The summed E-state index contributed by atoms with van der Waals surface area (Å²) in [6, 6.07) is 17.6. The molecule has 0 aliphatic heterocycles. The number of benzene rings is 4. The topological polar surface area (TPSA) is 77.1 Å². The summed E-state index contributed by atoms with van der Waals surface area (Å²) in [7, 11) is 2.84. The Kier molecular flexibility index (Phi) is 7.88. The lowest BCUT2D eigenvalue weighted by Crippen LogP contribution is -2.09. The molecule has 1 unspecified atom stereocenters. The predicted octanol–water partition coefficient (Wildman–Crippen LogP) is 6.32. The van der Waals surface area contributed by atoms with Gasteiger partial charge in [-0.2, -0.15) is 0 Å². The molecule has 186 valence electrons. The van der Waals surface area contributed by atoms with E-state index < -0.39 is 23.0 Å². The number of carbonyl (C=O) groups excluding carboxylic acids is 1. The number of hydrogen-bond acceptors (Lipinski definition) is 6. The third-order valence-electron chi connectivity index (χ3n) is 5.29. The zero-order chi connectivity index (χ0) is 25.8. The van der Waals surface area contributed by atoms with E-state index in [-0.39, 0.29) is 29.6 Å². The Morgan fingerprint density at radius 3 is 2.17 bits per heavy atom. The number of fused-ring (bicyclic) bond motifs is 1. The van der Waals surface area contributed by atoms with Crippen molar-refractivity contribution in [1.29, 1.82) is 0 Å². The molecular weight excluding hydrogens is 507 g/mol. The molecule has 9 heteroatoms. The van der Waals surface area contributed by atoms with Crippen LogP contribution >= 0.6 is 11.6 Å². The van der Waals surface area contributed by atoms with Crippen molar-refractivity contribution in [2.75, 3.05) is 14.2 Å². The molecule has 0 bridgehead atoms. The number of hydrogen-bond donors (Lipinski definition) is 0. The second-order valence-electron chi connectivity index (χ2n) is 7.63. The molecule has 36 heavy (non-hydrogen) atoms. The van der Waals surface area contributed by atoms with E-state index >= 15 is 0 Å². The number of rotatable bonds is 8. The molecular formula is C27H22ClFO6S. The van der Waals surface area contributed by atoms with Crippen LogP contribution in [-0.2, 0) is 22.6 Å². The van der Waals surface area contributed by atoms with E-state index in [4.69, 9.17) is 30.5 Å². The van der Waals surface area contributed by atoms with Crippen molar-refractivity contribution in [2.24, 2.45) is 0 Å². The van der Waals surface area contributed by atoms with Crippen molar-refractivity contribution in [1.82, 2.24) is 0 Å². The Morgan fingerprint density at radius 2 is 1.56 bits per heavy atom. The first kappa shape index (κ1) is 25.6. The maximum Gasteiger partial charge on any atom is 0.308 e.